The van der Waals surface area contributed by atoms with Crippen molar-refractivity contribution in [2.45, 2.75) is 61.1 Å². The van der Waals surface area contributed by atoms with Crippen LogP contribution in [0.1, 0.15) is 46.0 Å². The van der Waals surface area contributed by atoms with Crippen molar-refractivity contribution < 1.29 is 9.53 Å². The number of nitrogens with zero attached hydrogens (tertiary/aromatic N) is 2. The SMILES string of the molecule is CCCNC1(C(=O)OCC)CCCC(Sc2ncns2)C1. The lowest BCUT2D eigenvalue weighted by atomic mass is 9.81. The number of nitrogens with one attached hydrogen (secondary N) is 1. The molecule has 1 aromatic heterocycles. The molecule has 118 valence electrons. The molecule has 2 atom stereocenters. The molecular weight excluding hydrogens is 306 g/mol. The van der Waals surface area contributed by atoms with Crippen LogP contribution in [0.3, 0.4) is 0 Å². The van der Waals surface area contributed by atoms with E-state index in [2.05, 4.69) is 21.6 Å². The minimum atomic E-state index is -0.521. The monoisotopic (exact) mass is 329 g/mol. The Bertz CT molecular complexity index is 441. The summed E-state index contributed by atoms with van der Waals surface area (Å²) in [7, 11) is 0. The van der Waals surface area contributed by atoms with Crippen LogP contribution in [0.25, 0.3) is 0 Å². The molecule has 1 saturated carbocycles. The topological polar surface area (TPSA) is 64.1 Å². The van der Waals surface area contributed by atoms with E-state index in [0.29, 0.717) is 11.9 Å². The molecule has 7 heteroatoms. The van der Waals surface area contributed by atoms with Crippen LogP contribution in [0.2, 0.25) is 0 Å². The van der Waals surface area contributed by atoms with Crippen molar-refractivity contribution in [3.05, 3.63) is 6.33 Å². The Balaban J connectivity index is 2.05. The van der Waals surface area contributed by atoms with Gasteiger partial charge in [0.2, 0.25) is 0 Å². The van der Waals surface area contributed by atoms with Gasteiger partial charge in [-0.1, -0.05) is 18.7 Å². The van der Waals surface area contributed by atoms with Crippen LogP contribution in [0, 0.1) is 0 Å². The standard InChI is InChI=1S/C14H23N3O2S2/c1-3-8-16-14(12(18)19-4-2)7-5-6-11(9-14)20-13-15-10-17-21-13/h10-11,16H,3-9H2,1-2H3. The summed E-state index contributed by atoms with van der Waals surface area (Å²) < 4.78 is 10.4. The summed E-state index contributed by atoms with van der Waals surface area (Å²) in [5.74, 6) is -0.0963. The second-order valence-electron chi connectivity index (χ2n) is 5.27. The van der Waals surface area contributed by atoms with Gasteiger partial charge in [0.05, 0.1) is 6.61 Å². The summed E-state index contributed by atoms with van der Waals surface area (Å²) in [6.45, 7) is 5.25. The average molecular weight is 329 g/mol. The van der Waals surface area contributed by atoms with E-state index in [1.165, 1.54) is 11.5 Å². The third kappa shape index (κ3) is 4.40. The van der Waals surface area contributed by atoms with Gasteiger partial charge >= 0.3 is 5.97 Å². The highest BCUT2D eigenvalue weighted by atomic mass is 32.2. The third-order valence-corrected chi connectivity index (χ3v) is 5.71. The van der Waals surface area contributed by atoms with Crippen LogP contribution in [0.4, 0.5) is 0 Å². The summed E-state index contributed by atoms with van der Waals surface area (Å²) in [6.07, 6.45) is 6.40. The van der Waals surface area contributed by atoms with E-state index in [0.717, 1.165) is 43.0 Å². The summed E-state index contributed by atoms with van der Waals surface area (Å²) in [5.41, 5.74) is -0.521. The minimum absolute atomic E-state index is 0.0963. The molecule has 2 unspecified atom stereocenters. The lowest BCUT2D eigenvalue weighted by Crippen LogP contribution is -2.56. The quantitative estimate of drug-likeness (QED) is 0.776. The summed E-state index contributed by atoms with van der Waals surface area (Å²) in [4.78, 5) is 16.7. The van der Waals surface area contributed by atoms with Gasteiger partial charge in [-0.25, -0.2) is 4.98 Å². The van der Waals surface area contributed by atoms with Gasteiger partial charge in [-0.2, -0.15) is 4.37 Å². The highest BCUT2D eigenvalue weighted by Gasteiger charge is 2.43. The van der Waals surface area contributed by atoms with Crippen molar-refractivity contribution >= 4 is 29.3 Å². The van der Waals surface area contributed by atoms with Gasteiger partial charge in [0, 0.05) is 5.25 Å². The fourth-order valence-electron chi connectivity index (χ4n) is 2.73. The molecule has 1 aliphatic carbocycles. The number of carbonyl (C=O) groups excluding carboxylic acids is 1. The number of esters is 1. The predicted octanol–water partition coefficient (Wildman–Crippen LogP) is 2.87. The van der Waals surface area contributed by atoms with Crippen molar-refractivity contribution in [1.82, 2.24) is 14.7 Å². The first-order chi connectivity index (χ1) is 10.2. The number of rotatable bonds is 7. The second kappa shape index (κ2) is 8.10. The molecule has 0 radical (unpaired) electrons. The van der Waals surface area contributed by atoms with Crippen LogP contribution >= 0.6 is 23.3 Å². The maximum atomic E-state index is 12.5. The van der Waals surface area contributed by atoms with Gasteiger partial charge < -0.3 is 10.1 Å². The zero-order chi connectivity index (χ0) is 15.1. The van der Waals surface area contributed by atoms with E-state index in [-0.39, 0.29) is 5.97 Å². The Morgan fingerprint density at radius 3 is 3.14 bits per heavy atom. The molecule has 1 N–H and O–H groups in total. The molecular formula is C14H23N3O2S2. The van der Waals surface area contributed by atoms with Crippen molar-refractivity contribution in [3.63, 3.8) is 0 Å². The van der Waals surface area contributed by atoms with Gasteiger partial charge in [0.15, 0.2) is 4.34 Å². The van der Waals surface area contributed by atoms with Gasteiger partial charge in [0.1, 0.15) is 11.9 Å². The lowest BCUT2D eigenvalue weighted by molar-refractivity contribution is -0.152. The van der Waals surface area contributed by atoms with Crippen LogP contribution in [0.5, 0.6) is 0 Å². The largest absolute Gasteiger partial charge is 0.465 e. The lowest BCUT2D eigenvalue weighted by Gasteiger charge is -2.39. The maximum absolute atomic E-state index is 12.5. The first-order valence-corrected chi connectivity index (χ1v) is 9.21. The van der Waals surface area contributed by atoms with Crippen LogP contribution in [0.15, 0.2) is 10.7 Å². The van der Waals surface area contributed by atoms with E-state index < -0.39 is 5.54 Å². The van der Waals surface area contributed by atoms with E-state index in [1.54, 1.807) is 18.1 Å². The Hall–Kier alpha value is -0.660. The Labute approximate surface area is 134 Å². The molecule has 1 aromatic rings. The van der Waals surface area contributed by atoms with Gasteiger partial charge in [-0.3, -0.25) is 4.79 Å². The number of aromatic nitrogens is 2. The molecule has 0 amide bonds. The average Bonchev–Trinajstić information content (AvgIpc) is 2.98. The molecule has 0 spiro atoms. The van der Waals surface area contributed by atoms with Crippen molar-refractivity contribution in [2.24, 2.45) is 0 Å². The Kier molecular flexibility index (Phi) is 6.44. The molecule has 1 heterocycles. The fourth-order valence-corrected chi connectivity index (χ4v) is 4.77. The smallest absolute Gasteiger partial charge is 0.326 e. The molecule has 0 saturated heterocycles. The molecule has 21 heavy (non-hydrogen) atoms. The molecule has 0 aliphatic heterocycles. The van der Waals surface area contributed by atoms with Gasteiger partial charge in [0.25, 0.3) is 0 Å². The van der Waals surface area contributed by atoms with Crippen LogP contribution < -0.4 is 5.32 Å². The summed E-state index contributed by atoms with van der Waals surface area (Å²) in [6, 6.07) is 0. The summed E-state index contributed by atoms with van der Waals surface area (Å²) in [5, 5.41) is 3.85. The summed E-state index contributed by atoms with van der Waals surface area (Å²) >= 11 is 3.16. The van der Waals surface area contributed by atoms with Crippen molar-refractivity contribution in [3.8, 4) is 0 Å². The number of carbonyl (C=O) groups is 1. The first kappa shape index (κ1) is 16.7. The zero-order valence-corrected chi connectivity index (χ0v) is 14.3. The van der Waals surface area contributed by atoms with E-state index in [1.807, 2.05) is 6.92 Å². The van der Waals surface area contributed by atoms with Gasteiger partial charge in [-0.05, 0) is 57.1 Å². The number of hydrogen-bond donors (Lipinski definition) is 1. The Morgan fingerprint density at radius 1 is 1.62 bits per heavy atom. The number of thioether (sulfide) groups is 1. The molecule has 1 fully saturated rings. The highest BCUT2D eigenvalue weighted by molar-refractivity contribution is 8.01. The second-order valence-corrected chi connectivity index (χ2v) is 7.60. The molecule has 5 nitrogen and oxygen atoms in total. The molecule has 0 aromatic carbocycles. The van der Waals surface area contributed by atoms with Crippen molar-refractivity contribution in [2.75, 3.05) is 13.2 Å². The third-order valence-electron chi connectivity index (χ3n) is 3.69. The van der Waals surface area contributed by atoms with E-state index in [4.69, 9.17) is 4.74 Å². The predicted molar refractivity (Wildman–Crippen MR) is 85.7 cm³/mol. The number of hydrogen-bond acceptors (Lipinski definition) is 7. The molecule has 1 aliphatic rings. The maximum Gasteiger partial charge on any atom is 0.326 e. The normalized spacial score (nSPS) is 25.7. The molecule has 0 bridgehead atoms. The van der Waals surface area contributed by atoms with E-state index in [9.17, 15) is 4.79 Å². The minimum Gasteiger partial charge on any atom is -0.465 e. The van der Waals surface area contributed by atoms with Gasteiger partial charge in [-0.15, -0.1) is 0 Å². The first-order valence-electron chi connectivity index (χ1n) is 7.55. The van der Waals surface area contributed by atoms with E-state index >= 15 is 0 Å². The van der Waals surface area contributed by atoms with Crippen molar-refractivity contribution in [1.29, 1.82) is 0 Å². The molecule has 2 rings (SSSR count). The zero-order valence-electron chi connectivity index (χ0n) is 12.6. The van der Waals surface area contributed by atoms with Crippen LogP contribution in [-0.4, -0.2) is 39.3 Å². The highest BCUT2D eigenvalue weighted by Crippen LogP contribution is 2.39. The number of ether oxygens (including phenoxy) is 1. The van der Waals surface area contributed by atoms with Crippen LogP contribution in [-0.2, 0) is 9.53 Å². The Morgan fingerprint density at radius 2 is 2.48 bits per heavy atom. The fraction of sp³-hybridized carbons (Fsp3) is 0.786.